The predicted molar refractivity (Wildman–Crippen MR) is 62.0 cm³/mol. The Morgan fingerprint density at radius 1 is 1.41 bits per heavy atom. The monoisotopic (exact) mass is 236 g/mol. The molecule has 1 aromatic rings. The van der Waals surface area contributed by atoms with Crippen LogP contribution in [0.3, 0.4) is 0 Å². The summed E-state index contributed by atoms with van der Waals surface area (Å²) in [6.45, 7) is 5.51. The molecule has 1 aromatic heterocycles. The summed E-state index contributed by atoms with van der Waals surface area (Å²) < 4.78 is 5.13. The molecule has 6 nitrogen and oxygen atoms in total. The van der Waals surface area contributed by atoms with Crippen molar-refractivity contribution in [1.82, 2.24) is 20.2 Å². The van der Waals surface area contributed by atoms with Gasteiger partial charge in [-0.05, 0) is 6.92 Å². The molecule has 0 unspecified atom stereocenters. The second-order valence-electron chi connectivity index (χ2n) is 3.73. The van der Waals surface area contributed by atoms with Gasteiger partial charge in [0.05, 0.1) is 12.2 Å². The van der Waals surface area contributed by atoms with E-state index in [1.54, 1.807) is 4.90 Å². The summed E-state index contributed by atoms with van der Waals surface area (Å²) >= 11 is 0. The zero-order chi connectivity index (χ0) is 12.1. The first-order valence-corrected chi connectivity index (χ1v) is 5.76. The lowest BCUT2D eigenvalue weighted by atomic mass is 10.2. The Morgan fingerprint density at radius 2 is 2.06 bits per heavy atom. The van der Waals surface area contributed by atoms with E-state index in [0.717, 1.165) is 26.2 Å². The highest BCUT2D eigenvalue weighted by Crippen LogP contribution is 2.06. The summed E-state index contributed by atoms with van der Waals surface area (Å²) in [6.07, 6.45) is 3.03. The molecule has 0 aliphatic carbocycles. The smallest absolute Gasteiger partial charge is 0.316 e. The van der Waals surface area contributed by atoms with Crippen LogP contribution in [0.1, 0.15) is 17.3 Å². The largest absolute Gasteiger partial charge is 0.464 e. The quantitative estimate of drug-likeness (QED) is 0.795. The summed E-state index contributed by atoms with van der Waals surface area (Å²) in [5.41, 5.74) is 0.510. The molecule has 1 amide bonds. The van der Waals surface area contributed by atoms with Gasteiger partial charge in [-0.15, -0.1) is 0 Å². The number of rotatable bonds is 3. The van der Waals surface area contributed by atoms with E-state index in [-0.39, 0.29) is 5.91 Å². The summed E-state index contributed by atoms with van der Waals surface area (Å²) in [5, 5.41) is 3.20. The third-order valence-corrected chi connectivity index (χ3v) is 2.55. The highest BCUT2D eigenvalue weighted by atomic mass is 16.5. The zero-order valence-electron chi connectivity index (χ0n) is 9.85. The zero-order valence-corrected chi connectivity index (χ0v) is 9.85. The van der Waals surface area contributed by atoms with Gasteiger partial charge in [-0.1, -0.05) is 0 Å². The van der Waals surface area contributed by atoms with Crippen LogP contribution in [0.15, 0.2) is 12.4 Å². The molecule has 1 aliphatic rings. The highest BCUT2D eigenvalue weighted by molar-refractivity contribution is 5.93. The number of piperazine rings is 1. The maximum Gasteiger partial charge on any atom is 0.316 e. The van der Waals surface area contributed by atoms with Gasteiger partial charge in [0.15, 0.2) is 0 Å². The highest BCUT2D eigenvalue weighted by Gasteiger charge is 2.18. The van der Waals surface area contributed by atoms with Gasteiger partial charge in [0, 0.05) is 38.6 Å². The molecule has 6 heteroatoms. The minimum absolute atomic E-state index is 0.0189. The van der Waals surface area contributed by atoms with Crippen molar-refractivity contribution >= 4 is 5.91 Å². The van der Waals surface area contributed by atoms with Gasteiger partial charge in [-0.3, -0.25) is 4.79 Å². The number of hydrogen-bond donors (Lipinski definition) is 1. The summed E-state index contributed by atoms with van der Waals surface area (Å²) in [6, 6.07) is 0.310. The van der Waals surface area contributed by atoms with E-state index in [2.05, 4.69) is 15.3 Å². The van der Waals surface area contributed by atoms with Crippen molar-refractivity contribution in [3.63, 3.8) is 0 Å². The summed E-state index contributed by atoms with van der Waals surface area (Å²) in [4.78, 5) is 21.8. The fourth-order valence-corrected chi connectivity index (χ4v) is 1.68. The molecule has 2 rings (SSSR count). The van der Waals surface area contributed by atoms with E-state index < -0.39 is 0 Å². The van der Waals surface area contributed by atoms with Gasteiger partial charge in [-0.25, -0.2) is 9.97 Å². The van der Waals surface area contributed by atoms with Crippen molar-refractivity contribution < 1.29 is 9.53 Å². The molecular formula is C11H16N4O2. The molecule has 0 bridgehead atoms. The molecule has 0 aromatic carbocycles. The van der Waals surface area contributed by atoms with Gasteiger partial charge in [0.1, 0.15) is 0 Å². The topological polar surface area (TPSA) is 67.3 Å². The molecule has 17 heavy (non-hydrogen) atoms. The number of carbonyl (C=O) groups is 1. The lowest BCUT2D eigenvalue weighted by Gasteiger charge is -2.27. The van der Waals surface area contributed by atoms with Crippen LogP contribution in [0.25, 0.3) is 0 Å². The number of carbonyl (C=O) groups excluding carboxylic acids is 1. The molecule has 1 saturated heterocycles. The van der Waals surface area contributed by atoms with E-state index >= 15 is 0 Å². The van der Waals surface area contributed by atoms with Crippen LogP contribution in [0.4, 0.5) is 0 Å². The second-order valence-corrected chi connectivity index (χ2v) is 3.73. The van der Waals surface area contributed by atoms with Crippen LogP contribution in [-0.4, -0.2) is 53.6 Å². The molecular weight excluding hydrogens is 220 g/mol. The lowest BCUT2D eigenvalue weighted by molar-refractivity contribution is 0.0734. The molecule has 92 valence electrons. The normalized spacial score (nSPS) is 15.7. The molecule has 1 fully saturated rings. The van der Waals surface area contributed by atoms with Crippen molar-refractivity contribution in [3.8, 4) is 6.01 Å². The average molecular weight is 236 g/mol. The van der Waals surface area contributed by atoms with Crippen LogP contribution in [0, 0.1) is 0 Å². The van der Waals surface area contributed by atoms with E-state index in [9.17, 15) is 4.79 Å². The number of aromatic nitrogens is 2. The molecule has 0 atom stereocenters. The summed E-state index contributed by atoms with van der Waals surface area (Å²) in [7, 11) is 0. The molecule has 0 saturated carbocycles. The van der Waals surface area contributed by atoms with Crippen LogP contribution < -0.4 is 10.1 Å². The minimum Gasteiger partial charge on any atom is -0.464 e. The Balaban J connectivity index is 2.03. The van der Waals surface area contributed by atoms with Gasteiger partial charge >= 0.3 is 6.01 Å². The molecule has 0 spiro atoms. The van der Waals surface area contributed by atoms with Crippen molar-refractivity contribution in [1.29, 1.82) is 0 Å². The van der Waals surface area contributed by atoms with Crippen molar-refractivity contribution in [2.45, 2.75) is 6.92 Å². The first kappa shape index (κ1) is 11.8. The predicted octanol–water partition coefficient (Wildman–Crippen LogP) is -0.0793. The first-order chi connectivity index (χ1) is 8.31. The second kappa shape index (κ2) is 5.58. The fraction of sp³-hybridized carbons (Fsp3) is 0.545. The number of ether oxygens (including phenoxy) is 1. The average Bonchev–Trinajstić information content (AvgIpc) is 2.40. The molecule has 1 N–H and O–H groups in total. The van der Waals surface area contributed by atoms with Crippen molar-refractivity contribution in [2.24, 2.45) is 0 Å². The lowest BCUT2D eigenvalue weighted by Crippen LogP contribution is -2.46. The number of hydrogen-bond acceptors (Lipinski definition) is 5. The Labute approximate surface area is 100 Å². The van der Waals surface area contributed by atoms with Gasteiger partial charge in [0.2, 0.25) is 0 Å². The Kier molecular flexibility index (Phi) is 3.87. The Hall–Kier alpha value is -1.69. The number of nitrogens with one attached hydrogen (secondary N) is 1. The molecule has 1 aliphatic heterocycles. The SMILES string of the molecule is CCOc1ncc(C(=O)N2CCNCC2)cn1. The standard InChI is InChI=1S/C11H16N4O2/c1-2-17-11-13-7-9(8-14-11)10(16)15-5-3-12-4-6-15/h7-8,12H,2-6H2,1H3. The first-order valence-electron chi connectivity index (χ1n) is 5.76. The third kappa shape index (κ3) is 2.91. The minimum atomic E-state index is -0.0189. The summed E-state index contributed by atoms with van der Waals surface area (Å²) in [5.74, 6) is -0.0189. The molecule has 0 radical (unpaired) electrons. The van der Waals surface area contributed by atoms with Crippen LogP contribution in [0.2, 0.25) is 0 Å². The fourth-order valence-electron chi connectivity index (χ4n) is 1.68. The van der Waals surface area contributed by atoms with Crippen molar-refractivity contribution in [2.75, 3.05) is 32.8 Å². The van der Waals surface area contributed by atoms with E-state index in [1.165, 1.54) is 12.4 Å². The van der Waals surface area contributed by atoms with E-state index in [4.69, 9.17) is 4.74 Å². The maximum absolute atomic E-state index is 12.0. The Bertz CT molecular complexity index is 374. The van der Waals surface area contributed by atoms with Gasteiger partial charge in [0.25, 0.3) is 5.91 Å². The number of nitrogens with zero attached hydrogens (tertiary/aromatic N) is 3. The van der Waals surface area contributed by atoms with Crippen LogP contribution in [0.5, 0.6) is 6.01 Å². The van der Waals surface area contributed by atoms with E-state index in [1.807, 2.05) is 6.92 Å². The van der Waals surface area contributed by atoms with Crippen molar-refractivity contribution in [3.05, 3.63) is 18.0 Å². The maximum atomic E-state index is 12.0. The molecule has 2 heterocycles. The van der Waals surface area contributed by atoms with Crippen LogP contribution >= 0.6 is 0 Å². The van der Waals surface area contributed by atoms with Gasteiger partial charge < -0.3 is 15.0 Å². The third-order valence-electron chi connectivity index (χ3n) is 2.55. The van der Waals surface area contributed by atoms with E-state index in [0.29, 0.717) is 18.2 Å². The van der Waals surface area contributed by atoms with Gasteiger partial charge in [-0.2, -0.15) is 0 Å². The number of amides is 1. The Morgan fingerprint density at radius 3 is 2.65 bits per heavy atom. The van der Waals surface area contributed by atoms with Crippen LogP contribution in [-0.2, 0) is 0 Å².